The van der Waals surface area contributed by atoms with Crippen molar-refractivity contribution in [2.45, 2.75) is 31.9 Å². The lowest BCUT2D eigenvalue weighted by Gasteiger charge is -2.33. The number of methoxy groups -OCH3 is 1. The van der Waals surface area contributed by atoms with Crippen molar-refractivity contribution in [3.63, 3.8) is 0 Å². The molecule has 0 radical (unpaired) electrons. The molecule has 8 heteroatoms. The van der Waals surface area contributed by atoms with Crippen LogP contribution in [0.3, 0.4) is 0 Å². The number of fused-ring (bicyclic) bond motifs is 1. The summed E-state index contributed by atoms with van der Waals surface area (Å²) < 4.78 is 44.2. The lowest BCUT2D eigenvalue weighted by Crippen LogP contribution is -2.39. The minimum Gasteiger partial charge on any atom is -0.496 e. The number of H-pyrrole nitrogens is 1. The van der Waals surface area contributed by atoms with Gasteiger partial charge in [-0.2, -0.15) is 13.2 Å². The highest BCUT2D eigenvalue weighted by Gasteiger charge is 2.33. The summed E-state index contributed by atoms with van der Waals surface area (Å²) in [5, 5.41) is 0. The Labute approximate surface area is 171 Å². The summed E-state index contributed by atoms with van der Waals surface area (Å²) in [6, 6.07) is 9.51. The van der Waals surface area contributed by atoms with Gasteiger partial charge in [0.05, 0.1) is 23.7 Å². The third-order valence-electron chi connectivity index (χ3n) is 5.58. The monoisotopic (exact) mass is 417 g/mol. The first-order chi connectivity index (χ1) is 14.3. The minimum atomic E-state index is -4.48. The summed E-state index contributed by atoms with van der Waals surface area (Å²) in [6.07, 6.45) is -2.83. The van der Waals surface area contributed by atoms with E-state index in [1.807, 2.05) is 19.1 Å². The van der Waals surface area contributed by atoms with Gasteiger partial charge in [0.25, 0.3) is 5.91 Å². The number of amides is 1. The average Bonchev–Trinajstić information content (AvgIpc) is 3.16. The lowest BCUT2D eigenvalue weighted by atomic mass is 9.94. The van der Waals surface area contributed by atoms with Crippen LogP contribution in [0.25, 0.3) is 11.0 Å². The zero-order chi connectivity index (χ0) is 21.5. The number of rotatable bonds is 3. The van der Waals surface area contributed by atoms with Gasteiger partial charge in [0.1, 0.15) is 11.4 Å². The summed E-state index contributed by atoms with van der Waals surface area (Å²) in [7, 11) is 1.55. The fourth-order valence-corrected chi connectivity index (χ4v) is 4.08. The number of hydrogen-bond acceptors (Lipinski definition) is 3. The number of carbonyl (C=O) groups is 1. The third-order valence-corrected chi connectivity index (χ3v) is 5.58. The summed E-state index contributed by atoms with van der Waals surface area (Å²) in [5.41, 5.74) is 2.13. The molecule has 5 nitrogen and oxygen atoms in total. The number of benzene rings is 1. The number of piperidine rings is 1. The van der Waals surface area contributed by atoms with Gasteiger partial charge in [0.15, 0.2) is 0 Å². The number of aromatic nitrogens is 2. The topological polar surface area (TPSA) is 58.2 Å². The molecule has 3 heterocycles. The first-order valence-corrected chi connectivity index (χ1v) is 9.77. The van der Waals surface area contributed by atoms with Gasteiger partial charge in [-0.15, -0.1) is 0 Å². The van der Waals surface area contributed by atoms with E-state index in [2.05, 4.69) is 9.97 Å². The number of carbonyl (C=O) groups excluding carboxylic acids is 1. The number of alkyl halides is 3. The van der Waals surface area contributed by atoms with Crippen LogP contribution in [-0.2, 0) is 6.18 Å². The minimum absolute atomic E-state index is 0.00189. The zero-order valence-corrected chi connectivity index (χ0v) is 16.7. The van der Waals surface area contributed by atoms with Crippen molar-refractivity contribution in [3.8, 4) is 5.75 Å². The number of para-hydroxylation sites is 1. The van der Waals surface area contributed by atoms with Crippen molar-refractivity contribution in [2.75, 3.05) is 20.2 Å². The van der Waals surface area contributed by atoms with Crippen LogP contribution in [-0.4, -0.2) is 41.0 Å². The molecule has 0 spiro atoms. The highest BCUT2D eigenvalue weighted by atomic mass is 19.4. The molecule has 0 unspecified atom stereocenters. The molecule has 1 amide bonds. The Kier molecular flexibility index (Phi) is 5.17. The second kappa shape index (κ2) is 7.66. The second-order valence-electron chi connectivity index (χ2n) is 7.60. The van der Waals surface area contributed by atoms with Crippen LogP contribution in [0.15, 0.2) is 36.4 Å². The van der Waals surface area contributed by atoms with Crippen molar-refractivity contribution in [3.05, 3.63) is 58.9 Å². The Bertz CT molecular complexity index is 1090. The van der Waals surface area contributed by atoms with Crippen molar-refractivity contribution >= 4 is 16.9 Å². The predicted octanol–water partition coefficient (Wildman–Crippen LogP) is 4.92. The number of aromatic amines is 1. The van der Waals surface area contributed by atoms with Gasteiger partial charge >= 0.3 is 6.18 Å². The number of ether oxygens (including phenoxy) is 1. The number of pyridine rings is 1. The normalized spacial score (nSPS) is 17.4. The molecule has 4 rings (SSSR count). The van der Waals surface area contributed by atoms with Crippen molar-refractivity contribution in [2.24, 2.45) is 0 Å². The van der Waals surface area contributed by atoms with Crippen LogP contribution in [0.1, 0.15) is 46.1 Å². The molecule has 30 heavy (non-hydrogen) atoms. The molecule has 1 aromatic carbocycles. The van der Waals surface area contributed by atoms with Crippen LogP contribution >= 0.6 is 0 Å². The van der Waals surface area contributed by atoms with E-state index in [1.54, 1.807) is 24.1 Å². The second-order valence-corrected chi connectivity index (χ2v) is 7.60. The van der Waals surface area contributed by atoms with Crippen LogP contribution in [0, 0.1) is 6.92 Å². The molecule has 2 aromatic heterocycles. The van der Waals surface area contributed by atoms with Gasteiger partial charge in [-0.25, -0.2) is 4.98 Å². The number of nitrogens with one attached hydrogen (secondary N) is 1. The average molecular weight is 417 g/mol. The Morgan fingerprint density at radius 1 is 1.27 bits per heavy atom. The van der Waals surface area contributed by atoms with E-state index >= 15 is 0 Å². The first-order valence-electron chi connectivity index (χ1n) is 9.77. The molecule has 1 N–H and O–H groups in total. The fourth-order valence-electron chi connectivity index (χ4n) is 4.08. The van der Waals surface area contributed by atoms with Crippen LogP contribution in [0.5, 0.6) is 5.75 Å². The third kappa shape index (κ3) is 3.74. The van der Waals surface area contributed by atoms with Gasteiger partial charge < -0.3 is 14.6 Å². The summed E-state index contributed by atoms with van der Waals surface area (Å²) in [4.78, 5) is 21.8. The van der Waals surface area contributed by atoms with E-state index in [1.165, 1.54) is 6.07 Å². The first kappa shape index (κ1) is 20.3. The van der Waals surface area contributed by atoms with E-state index in [-0.39, 0.29) is 17.3 Å². The molecule has 1 saturated heterocycles. The number of aryl methyl sites for hydroxylation is 1. The largest absolute Gasteiger partial charge is 0.496 e. The zero-order valence-electron chi connectivity index (χ0n) is 16.7. The molecule has 1 fully saturated rings. The maximum atomic E-state index is 13.1. The molecule has 0 aliphatic carbocycles. The Morgan fingerprint density at radius 3 is 2.80 bits per heavy atom. The summed E-state index contributed by atoms with van der Waals surface area (Å²) >= 11 is 0. The highest BCUT2D eigenvalue weighted by molar-refractivity contribution is 5.97. The number of likely N-dealkylation sites (tertiary alicyclic amines) is 1. The fraction of sp³-hybridized carbons (Fsp3) is 0.364. The maximum absolute atomic E-state index is 13.1. The molecule has 1 atom stereocenters. The van der Waals surface area contributed by atoms with Gasteiger partial charge in [-0.05, 0) is 49.6 Å². The standard InChI is InChI=1S/C22H22F3N3O2/c1-13-5-3-7-15(20(13)30-2)21(29)28-10-4-6-14(12-28)17-11-18-16(26-17)8-9-19(27-18)22(23,24)25/h3,5,7-9,11,14,26H,4,6,10,12H2,1-2H3/t14-/m1/s1. The molecule has 158 valence electrons. The molecular formula is C22H22F3N3O2. The molecule has 0 saturated carbocycles. The molecule has 1 aliphatic rings. The quantitative estimate of drug-likeness (QED) is 0.658. The number of halogens is 3. The van der Waals surface area contributed by atoms with E-state index in [0.29, 0.717) is 29.9 Å². The van der Waals surface area contributed by atoms with Crippen molar-refractivity contribution in [1.82, 2.24) is 14.9 Å². The molecule has 3 aromatic rings. The summed E-state index contributed by atoms with van der Waals surface area (Å²) in [5.74, 6) is 0.468. The van der Waals surface area contributed by atoms with E-state index < -0.39 is 11.9 Å². The van der Waals surface area contributed by atoms with Crippen LogP contribution in [0.4, 0.5) is 13.2 Å². The summed E-state index contributed by atoms with van der Waals surface area (Å²) in [6.45, 7) is 3.00. The van der Waals surface area contributed by atoms with E-state index in [4.69, 9.17) is 4.74 Å². The lowest BCUT2D eigenvalue weighted by molar-refractivity contribution is -0.140. The van der Waals surface area contributed by atoms with Crippen molar-refractivity contribution in [1.29, 1.82) is 0 Å². The maximum Gasteiger partial charge on any atom is 0.433 e. The van der Waals surface area contributed by atoms with Gasteiger partial charge in [-0.1, -0.05) is 12.1 Å². The van der Waals surface area contributed by atoms with Crippen LogP contribution < -0.4 is 4.74 Å². The molecule has 1 aliphatic heterocycles. The van der Waals surface area contributed by atoms with Gasteiger partial charge in [0, 0.05) is 24.7 Å². The molecule has 0 bridgehead atoms. The number of nitrogens with zero attached hydrogens (tertiary/aromatic N) is 2. The van der Waals surface area contributed by atoms with Gasteiger partial charge in [0.2, 0.25) is 0 Å². The van der Waals surface area contributed by atoms with Crippen LogP contribution in [0.2, 0.25) is 0 Å². The van der Waals surface area contributed by atoms with E-state index in [9.17, 15) is 18.0 Å². The Hall–Kier alpha value is -3.03. The molecular weight excluding hydrogens is 395 g/mol. The highest BCUT2D eigenvalue weighted by Crippen LogP contribution is 2.33. The van der Waals surface area contributed by atoms with Gasteiger partial charge in [-0.3, -0.25) is 4.79 Å². The Balaban J connectivity index is 1.58. The smallest absolute Gasteiger partial charge is 0.433 e. The Morgan fingerprint density at radius 2 is 2.07 bits per heavy atom. The van der Waals surface area contributed by atoms with Crippen molar-refractivity contribution < 1.29 is 22.7 Å². The number of hydrogen-bond donors (Lipinski definition) is 1. The van der Waals surface area contributed by atoms with E-state index in [0.717, 1.165) is 30.2 Å². The predicted molar refractivity (Wildman–Crippen MR) is 107 cm³/mol. The SMILES string of the molecule is COc1c(C)cccc1C(=O)N1CCC[C@@H](c2cc3nc(C(F)(F)F)ccc3[nH]2)C1.